The number of nitrogens with zero attached hydrogens (tertiary/aromatic N) is 1. The first-order chi connectivity index (χ1) is 9.20. The summed E-state index contributed by atoms with van der Waals surface area (Å²) in [6, 6.07) is 0.254. The van der Waals surface area contributed by atoms with Crippen LogP contribution in [0.5, 0.6) is 0 Å². The summed E-state index contributed by atoms with van der Waals surface area (Å²) in [7, 11) is 0. The summed E-state index contributed by atoms with van der Waals surface area (Å²) in [5.74, 6) is 0.799. The molecule has 1 aliphatic carbocycles. The smallest absolute Gasteiger partial charge is 0.223 e. The molecular formula is C15H29N3O. The van der Waals surface area contributed by atoms with E-state index in [1.807, 2.05) is 0 Å². The number of amides is 1. The predicted octanol–water partition coefficient (Wildman–Crippen LogP) is 1.35. The molecule has 0 radical (unpaired) electrons. The second-order valence-electron chi connectivity index (χ2n) is 6.30. The van der Waals surface area contributed by atoms with Crippen LogP contribution in [0, 0.1) is 11.8 Å². The lowest BCUT2D eigenvalue weighted by atomic mass is 9.95. The molecule has 1 saturated heterocycles. The van der Waals surface area contributed by atoms with Gasteiger partial charge < -0.3 is 16.0 Å². The molecule has 1 unspecified atom stereocenters. The Balaban J connectivity index is 1.74. The summed E-state index contributed by atoms with van der Waals surface area (Å²) in [5.41, 5.74) is 5.75. The maximum Gasteiger partial charge on any atom is 0.223 e. The van der Waals surface area contributed by atoms with E-state index in [4.69, 9.17) is 5.73 Å². The molecule has 0 bridgehead atoms. The van der Waals surface area contributed by atoms with Crippen LogP contribution in [0.2, 0.25) is 0 Å². The molecule has 2 rings (SSSR count). The highest BCUT2D eigenvalue weighted by molar-refractivity contribution is 5.79. The number of likely N-dealkylation sites (tertiary alicyclic amines) is 1. The molecule has 4 nitrogen and oxygen atoms in total. The van der Waals surface area contributed by atoms with Gasteiger partial charge in [0.15, 0.2) is 0 Å². The van der Waals surface area contributed by atoms with Crippen molar-refractivity contribution in [1.29, 1.82) is 0 Å². The lowest BCUT2D eigenvalue weighted by Crippen LogP contribution is -2.46. The number of hydrogen-bond acceptors (Lipinski definition) is 3. The summed E-state index contributed by atoms with van der Waals surface area (Å²) in [6.45, 7) is 6.15. The van der Waals surface area contributed by atoms with Crippen LogP contribution in [-0.2, 0) is 4.79 Å². The lowest BCUT2D eigenvalue weighted by Gasteiger charge is -2.30. The Morgan fingerprint density at radius 1 is 1.26 bits per heavy atom. The average molecular weight is 267 g/mol. The maximum absolute atomic E-state index is 12.3. The molecule has 3 N–H and O–H groups in total. The molecule has 3 atom stereocenters. The Morgan fingerprint density at radius 2 is 2.00 bits per heavy atom. The Labute approximate surface area is 117 Å². The molecule has 0 aromatic carbocycles. The second-order valence-corrected chi connectivity index (χ2v) is 6.30. The molecule has 1 amide bonds. The normalized spacial score (nSPS) is 30.2. The second kappa shape index (κ2) is 7.25. The van der Waals surface area contributed by atoms with Crippen LogP contribution < -0.4 is 11.1 Å². The lowest BCUT2D eigenvalue weighted by molar-refractivity contribution is -0.126. The molecule has 0 spiro atoms. The minimum absolute atomic E-state index is 0.161. The van der Waals surface area contributed by atoms with Crippen LogP contribution in [-0.4, -0.2) is 43.0 Å². The molecule has 19 heavy (non-hydrogen) atoms. The van der Waals surface area contributed by atoms with E-state index in [2.05, 4.69) is 17.1 Å². The summed E-state index contributed by atoms with van der Waals surface area (Å²) in [4.78, 5) is 14.8. The first-order valence-electron chi connectivity index (χ1n) is 7.93. The van der Waals surface area contributed by atoms with Gasteiger partial charge in [-0.1, -0.05) is 12.8 Å². The monoisotopic (exact) mass is 267 g/mol. The fourth-order valence-corrected chi connectivity index (χ4v) is 3.59. The first-order valence-corrected chi connectivity index (χ1v) is 7.93. The van der Waals surface area contributed by atoms with Gasteiger partial charge in [-0.15, -0.1) is 0 Å². The van der Waals surface area contributed by atoms with Gasteiger partial charge in [-0.3, -0.25) is 4.79 Å². The van der Waals surface area contributed by atoms with Crippen molar-refractivity contribution in [3.63, 3.8) is 0 Å². The van der Waals surface area contributed by atoms with Crippen LogP contribution in [0.15, 0.2) is 0 Å². The minimum atomic E-state index is 0.161. The Bertz CT molecular complexity index is 289. The van der Waals surface area contributed by atoms with Gasteiger partial charge in [0.25, 0.3) is 0 Å². The first kappa shape index (κ1) is 14.8. The molecule has 1 heterocycles. The number of nitrogens with one attached hydrogen (secondary N) is 1. The van der Waals surface area contributed by atoms with E-state index >= 15 is 0 Å². The number of rotatable bonds is 5. The molecule has 1 aliphatic heterocycles. The zero-order valence-electron chi connectivity index (χ0n) is 12.2. The molecule has 2 aliphatic rings. The van der Waals surface area contributed by atoms with Gasteiger partial charge >= 0.3 is 0 Å². The van der Waals surface area contributed by atoms with Gasteiger partial charge in [-0.25, -0.2) is 0 Å². The Kier molecular flexibility index (Phi) is 5.64. The van der Waals surface area contributed by atoms with E-state index in [1.54, 1.807) is 0 Å². The van der Waals surface area contributed by atoms with Gasteiger partial charge in [0.05, 0.1) is 0 Å². The SMILES string of the molecule is CC(CN1CCCCC1)NC(=O)[C@@H]1CCC[C@@H]1CN. The molecule has 0 aromatic rings. The largest absolute Gasteiger partial charge is 0.352 e. The highest BCUT2D eigenvalue weighted by atomic mass is 16.2. The molecular weight excluding hydrogens is 238 g/mol. The highest BCUT2D eigenvalue weighted by Gasteiger charge is 2.32. The van der Waals surface area contributed by atoms with Crippen LogP contribution in [0.4, 0.5) is 0 Å². The molecule has 110 valence electrons. The van der Waals surface area contributed by atoms with E-state index in [0.29, 0.717) is 12.5 Å². The van der Waals surface area contributed by atoms with E-state index in [9.17, 15) is 4.79 Å². The van der Waals surface area contributed by atoms with Crippen molar-refractivity contribution in [2.75, 3.05) is 26.2 Å². The van der Waals surface area contributed by atoms with Crippen LogP contribution in [0.3, 0.4) is 0 Å². The highest BCUT2D eigenvalue weighted by Crippen LogP contribution is 2.31. The topological polar surface area (TPSA) is 58.4 Å². The quantitative estimate of drug-likeness (QED) is 0.790. The third-order valence-corrected chi connectivity index (χ3v) is 4.67. The minimum Gasteiger partial charge on any atom is -0.352 e. The van der Waals surface area contributed by atoms with E-state index in [0.717, 1.165) is 25.8 Å². The molecule has 4 heteroatoms. The average Bonchev–Trinajstić information content (AvgIpc) is 2.88. The zero-order valence-corrected chi connectivity index (χ0v) is 12.2. The van der Waals surface area contributed by atoms with Crippen molar-refractivity contribution < 1.29 is 4.79 Å². The van der Waals surface area contributed by atoms with Gasteiger partial charge in [0, 0.05) is 18.5 Å². The number of carbonyl (C=O) groups excluding carboxylic acids is 1. The molecule has 0 aromatic heterocycles. The number of piperidine rings is 1. The van der Waals surface area contributed by atoms with Crippen molar-refractivity contribution in [3.05, 3.63) is 0 Å². The summed E-state index contributed by atoms with van der Waals surface area (Å²) >= 11 is 0. The number of hydrogen-bond donors (Lipinski definition) is 2. The summed E-state index contributed by atoms with van der Waals surface area (Å²) in [5, 5.41) is 3.20. The van der Waals surface area contributed by atoms with Gasteiger partial charge in [-0.2, -0.15) is 0 Å². The van der Waals surface area contributed by atoms with Gasteiger partial charge in [0.1, 0.15) is 0 Å². The van der Waals surface area contributed by atoms with E-state index < -0.39 is 0 Å². The van der Waals surface area contributed by atoms with Crippen molar-refractivity contribution >= 4 is 5.91 Å². The van der Waals surface area contributed by atoms with Crippen LogP contribution >= 0.6 is 0 Å². The summed E-state index contributed by atoms with van der Waals surface area (Å²) < 4.78 is 0. The Morgan fingerprint density at radius 3 is 2.68 bits per heavy atom. The van der Waals surface area contributed by atoms with Crippen molar-refractivity contribution in [1.82, 2.24) is 10.2 Å². The van der Waals surface area contributed by atoms with E-state index in [-0.39, 0.29) is 17.9 Å². The third kappa shape index (κ3) is 4.18. The Hall–Kier alpha value is -0.610. The maximum atomic E-state index is 12.3. The fourth-order valence-electron chi connectivity index (χ4n) is 3.59. The predicted molar refractivity (Wildman–Crippen MR) is 77.8 cm³/mol. The van der Waals surface area contributed by atoms with Crippen LogP contribution in [0.1, 0.15) is 45.4 Å². The van der Waals surface area contributed by atoms with Gasteiger partial charge in [0.2, 0.25) is 5.91 Å². The fraction of sp³-hybridized carbons (Fsp3) is 0.933. The summed E-state index contributed by atoms with van der Waals surface area (Å²) in [6.07, 6.45) is 7.26. The molecule has 2 fully saturated rings. The van der Waals surface area contributed by atoms with Gasteiger partial charge in [-0.05, 0) is 58.2 Å². The van der Waals surface area contributed by atoms with Crippen molar-refractivity contribution in [2.24, 2.45) is 17.6 Å². The molecule has 1 saturated carbocycles. The van der Waals surface area contributed by atoms with E-state index in [1.165, 1.54) is 32.4 Å². The number of carbonyl (C=O) groups is 1. The van der Waals surface area contributed by atoms with Crippen LogP contribution in [0.25, 0.3) is 0 Å². The number of nitrogens with two attached hydrogens (primary N) is 1. The van der Waals surface area contributed by atoms with Crippen molar-refractivity contribution in [2.45, 2.75) is 51.5 Å². The third-order valence-electron chi connectivity index (χ3n) is 4.67. The van der Waals surface area contributed by atoms with Crippen molar-refractivity contribution in [3.8, 4) is 0 Å². The zero-order chi connectivity index (χ0) is 13.7. The standard InChI is InChI=1S/C15H29N3O/c1-12(11-18-8-3-2-4-9-18)17-15(19)14-7-5-6-13(14)10-16/h12-14H,2-11,16H2,1H3,(H,17,19)/t12?,13-,14-/m1/s1.